The van der Waals surface area contributed by atoms with Gasteiger partial charge in [-0.2, -0.15) is 8.75 Å². The predicted molar refractivity (Wildman–Crippen MR) is 82.6 cm³/mol. The number of fused-ring (bicyclic) bond motifs is 1. The third-order valence-electron chi connectivity index (χ3n) is 3.24. The van der Waals surface area contributed by atoms with Crippen LogP contribution in [0.4, 0.5) is 4.39 Å². The van der Waals surface area contributed by atoms with Crippen LogP contribution in [0.25, 0.3) is 11.0 Å². The van der Waals surface area contributed by atoms with Crippen molar-refractivity contribution < 1.29 is 12.8 Å². The van der Waals surface area contributed by atoms with E-state index >= 15 is 0 Å². The summed E-state index contributed by atoms with van der Waals surface area (Å²) in [4.78, 5) is 0.0905. The minimum atomic E-state index is -3.75. The van der Waals surface area contributed by atoms with Crippen LogP contribution in [-0.2, 0) is 10.0 Å². The van der Waals surface area contributed by atoms with Gasteiger partial charge in [0.2, 0.25) is 10.0 Å². The van der Waals surface area contributed by atoms with Gasteiger partial charge in [-0.15, -0.1) is 0 Å². The van der Waals surface area contributed by atoms with Crippen LogP contribution in [-0.4, -0.2) is 17.2 Å². The predicted octanol–water partition coefficient (Wildman–Crippen LogP) is 2.87. The first-order chi connectivity index (χ1) is 10.5. The van der Waals surface area contributed by atoms with E-state index in [0.29, 0.717) is 16.6 Å². The Hall–Kier alpha value is -1.90. The topological polar surface area (TPSA) is 72.0 Å². The van der Waals surface area contributed by atoms with E-state index in [9.17, 15) is 12.8 Å². The molecule has 3 rings (SSSR count). The van der Waals surface area contributed by atoms with Gasteiger partial charge < -0.3 is 0 Å². The molecule has 5 nitrogen and oxygen atoms in total. The van der Waals surface area contributed by atoms with E-state index in [1.54, 1.807) is 31.2 Å². The zero-order valence-electron chi connectivity index (χ0n) is 11.5. The Balaban J connectivity index is 1.93. The van der Waals surface area contributed by atoms with Crippen molar-refractivity contribution >= 4 is 32.8 Å². The van der Waals surface area contributed by atoms with Gasteiger partial charge in [0.15, 0.2) is 0 Å². The maximum absolute atomic E-state index is 12.9. The van der Waals surface area contributed by atoms with E-state index in [-0.39, 0.29) is 10.7 Å². The molecule has 114 valence electrons. The molecular formula is C14H12FN3O2S2. The van der Waals surface area contributed by atoms with Crippen LogP contribution >= 0.6 is 11.7 Å². The van der Waals surface area contributed by atoms with Crippen molar-refractivity contribution in [1.82, 2.24) is 13.5 Å². The van der Waals surface area contributed by atoms with Gasteiger partial charge in [0, 0.05) is 6.04 Å². The largest absolute Gasteiger partial charge is 0.243 e. The molecule has 0 fully saturated rings. The highest BCUT2D eigenvalue weighted by Gasteiger charge is 2.22. The number of aromatic nitrogens is 2. The molecule has 0 unspecified atom stereocenters. The van der Waals surface area contributed by atoms with Crippen LogP contribution in [0.2, 0.25) is 0 Å². The summed E-state index contributed by atoms with van der Waals surface area (Å²) in [7, 11) is -3.75. The van der Waals surface area contributed by atoms with Crippen molar-refractivity contribution in [3.63, 3.8) is 0 Å². The zero-order valence-corrected chi connectivity index (χ0v) is 13.2. The smallest absolute Gasteiger partial charge is 0.207 e. The quantitative estimate of drug-likeness (QED) is 0.794. The molecule has 0 spiro atoms. The lowest BCUT2D eigenvalue weighted by atomic mass is 10.1. The Labute approximate surface area is 131 Å². The molecular weight excluding hydrogens is 325 g/mol. The molecule has 1 atom stereocenters. The summed E-state index contributed by atoms with van der Waals surface area (Å²) in [5.41, 5.74) is 1.57. The molecule has 0 radical (unpaired) electrons. The summed E-state index contributed by atoms with van der Waals surface area (Å²) >= 11 is 0.966. The summed E-state index contributed by atoms with van der Waals surface area (Å²) < 4.78 is 48.7. The summed E-state index contributed by atoms with van der Waals surface area (Å²) in [6.45, 7) is 1.70. The first-order valence-corrected chi connectivity index (χ1v) is 8.68. The molecule has 3 aromatic rings. The molecule has 0 aliphatic rings. The van der Waals surface area contributed by atoms with Gasteiger partial charge in [0.1, 0.15) is 21.7 Å². The first kappa shape index (κ1) is 15.0. The van der Waals surface area contributed by atoms with Crippen molar-refractivity contribution in [2.45, 2.75) is 17.9 Å². The Kier molecular flexibility index (Phi) is 3.90. The minimum absolute atomic E-state index is 0.0905. The Bertz CT molecular complexity index is 907. The molecule has 1 heterocycles. The molecule has 1 aromatic heterocycles. The van der Waals surface area contributed by atoms with Crippen molar-refractivity contribution in [2.75, 3.05) is 0 Å². The number of benzene rings is 2. The van der Waals surface area contributed by atoms with Crippen LogP contribution in [0.3, 0.4) is 0 Å². The van der Waals surface area contributed by atoms with Gasteiger partial charge in [-0.1, -0.05) is 18.2 Å². The Morgan fingerprint density at radius 3 is 2.59 bits per heavy atom. The average molecular weight is 337 g/mol. The summed E-state index contributed by atoms with van der Waals surface area (Å²) in [6.07, 6.45) is 0. The van der Waals surface area contributed by atoms with Crippen LogP contribution in [0.1, 0.15) is 18.5 Å². The van der Waals surface area contributed by atoms with Gasteiger partial charge in [-0.3, -0.25) is 0 Å². The number of rotatable bonds is 4. The zero-order chi connectivity index (χ0) is 15.7. The van der Waals surface area contributed by atoms with Crippen molar-refractivity contribution in [2.24, 2.45) is 0 Å². The molecule has 0 saturated carbocycles. The van der Waals surface area contributed by atoms with Gasteiger partial charge >= 0.3 is 0 Å². The molecule has 2 aromatic carbocycles. The van der Waals surface area contributed by atoms with Crippen LogP contribution < -0.4 is 4.72 Å². The van der Waals surface area contributed by atoms with Gasteiger partial charge in [0.25, 0.3) is 0 Å². The number of nitrogens with one attached hydrogen (secondary N) is 1. The maximum atomic E-state index is 12.9. The lowest BCUT2D eigenvalue weighted by Crippen LogP contribution is -2.27. The lowest BCUT2D eigenvalue weighted by molar-refractivity contribution is 0.567. The molecule has 0 aliphatic heterocycles. The van der Waals surface area contributed by atoms with E-state index in [1.165, 1.54) is 18.2 Å². The van der Waals surface area contributed by atoms with E-state index in [0.717, 1.165) is 11.7 Å². The van der Waals surface area contributed by atoms with Crippen molar-refractivity contribution in [3.05, 3.63) is 53.8 Å². The molecule has 0 aliphatic carbocycles. The average Bonchev–Trinajstić information content (AvgIpc) is 2.95. The molecule has 8 heteroatoms. The maximum Gasteiger partial charge on any atom is 0.243 e. The molecule has 1 N–H and O–H groups in total. The molecule has 0 amide bonds. The number of sulfonamides is 1. The van der Waals surface area contributed by atoms with Gasteiger partial charge in [-0.25, -0.2) is 17.5 Å². The third-order valence-corrected chi connectivity index (χ3v) is 5.36. The normalized spacial score (nSPS) is 13.4. The molecule has 22 heavy (non-hydrogen) atoms. The Morgan fingerprint density at radius 2 is 1.86 bits per heavy atom. The lowest BCUT2D eigenvalue weighted by Gasteiger charge is -2.14. The van der Waals surface area contributed by atoms with E-state index in [1.807, 2.05) is 0 Å². The number of halogens is 1. The first-order valence-electron chi connectivity index (χ1n) is 6.46. The fourth-order valence-corrected chi connectivity index (χ4v) is 4.11. The van der Waals surface area contributed by atoms with Crippen LogP contribution in [0.5, 0.6) is 0 Å². The minimum Gasteiger partial charge on any atom is -0.207 e. The summed E-state index contributed by atoms with van der Waals surface area (Å²) in [5, 5.41) is 0. The highest BCUT2D eigenvalue weighted by atomic mass is 32.2. The van der Waals surface area contributed by atoms with Gasteiger partial charge in [0.05, 0.1) is 11.7 Å². The van der Waals surface area contributed by atoms with Crippen molar-refractivity contribution in [1.29, 1.82) is 0 Å². The molecule has 0 bridgehead atoms. The second-order valence-corrected chi connectivity index (χ2v) is 6.99. The highest BCUT2D eigenvalue weighted by Crippen LogP contribution is 2.23. The number of nitrogens with zero attached hydrogens (tertiary/aromatic N) is 2. The van der Waals surface area contributed by atoms with E-state index in [2.05, 4.69) is 13.5 Å². The summed E-state index contributed by atoms with van der Waals surface area (Å²) in [5.74, 6) is -0.364. The SMILES string of the molecule is C[C@@H](NS(=O)(=O)c1cccc2nsnc12)c1ccc(F)cc1. The third kappa shape index (κ3) is 2.85. The second-order valence-electron chi connectivity index (χ2n) is 4.78. The summed E-state index contributed by atoms with van der Waals surface area (Å²) in [6, 6.07) is 10.0. The second kappa shape index (κ2) is 5.71. The Morgan fingerprint density at radius 1 is 1.14 bits per heavy atom. The highest BCUT2D eigenvalue weighted by molar-refractivity contribution is 7.89. The number of hydrogen-bond acceptors (Lipinski definition) is 5. The van der Waals surface area contributed by atoms with Crippen molar-refractivity contribution in [3.8, 4) is 0 Å². The van der Waals surface area contributed by atoms with Gasteiger partial charge in [-0.05, 0) is 36.8 Å². The van der Waals surface area contributed by atoms with Crippen LogP contribution in [0, 0.1) is 5.82 Å². The number of hydrogen-bond donors (Lipinski definition) is 1. The van der Waals surface area contributed by atoms with E-state index < -0.39 is 16.1 Å². The van der Waals surface area contributed by atoms with Crippen LogP contribution in [0.15, 0.2) is 47.4 Å². The molecule has 0 saturated heterocycles. The fourth-order valence-electron chi connectivity index (χ4n) is 2.11. The monoisotopic (exact) mass is 337 g/mol. The fraction of sp³-hybridized carbons (Fsp3) is 0.143. The standard InChI is InChI=1S/C14H12FN3O2S2/c1-9(10-5-7-11(15)8-6-10)18-22(19,20)13-4-2-3-12-14(13)17-21-16-12/h2-9,18H,1H3/t9-/m1/s1. The van der Waals surface area contributed by atoms with E-state index in [4.69, 9.17) is 0 Å².